The average molecular weight is 344 g/mol. The number of benzene rings is 2. The average Bonchev–Trinajstić information content (AvgIpc) is 3.24. The molecular weight excluding hydrogens is 328 g/mol. The summed E-state index contributed by atoms with van der Waals surface area (Å²) in [6, 6.07) is 14.5. The topological polar surface area (TPSA) is 83.0 Å². The van der Waals surface area contributed by atoms with Crippen molar-refractivity contribution < 1.29 is 14.3 Å². The van der Waals surface area contributed by atoms with Gasteiger partial charge in [0.1, 0.15) is 0 Å². The molecule has 5 heteroatoms. The van der Waals surface area contributed by atoms with E-state index in [1.165, 1.54) is 0 Å². The minimum Gasteiger partial charge on any atom is -0.372 e. The largest absolute Gasteiger partial charge is 0.372 e. The van der Waals surface area contributed by atoms with Gasteiger partial charge in [-0.2, -0.15) is 5.26 Å². The highest BCUT2D eigenvalue weighted by Gasteiger charge is 2.31. The number of aryl methyl sites for hydroxylation is 1. The van der Waals surface area contributed by atoms with Crippen molar-refractivity contribution in [1.82, 2.24) is 4.98 Å². The van der Waals surface area contributed by atoms with Crippen molar-refractivity contribution in [2.75, 3.05) is 0 Å². The number of aromatic amines is 1. The van der Waals surface area contributed by atoms with E-state index in [2.05, 4.69) is 4.98 Å². The number of ketones is 2. The van der Waals surface area contributed by atoms with Gasteiger partial charge in [-0.3, -0.25) is 9.59 Å². The lowest BCUT2D eigenvalue weighted by Crippen LogP contribution is -2.23. The number of H-pyrrole nitrogens is 1. The number of hydrogen-bond donors (Lipinski definition) is 1. The van der Waals surface area contributed by atoms with Crippen LogP contribution >= 0.6 is 0 Å². The van der Waals surface area contributed by atoms with Crippen LogP contribution in [0.2, 0.25) is 0 Å². The predicted molar refractivity (Wildman–Crippen MR) is 95.7 cm³/mol. The van der Waals surface area contributed by atoms with E-state index in [1.807, 2.05) is 36.4 Å². The third-order valence-corrected chi connectivity index (χ3v) is 4.80. The number of ether oxygens (including phenoxy) is 1. The molecule has 0 spiro atoms. The summed E-state index contributed by atoms with van der Waals surface area (Å²) in [5.41, 5.74) is 4.22. The zero-order chi connectivity index (χ0) is 18.3. The number of carbonyl (C=O) groups excluding carboxylic acids is 2. The Kier molecular flexibility index (Phi) is 3.90. The normalized spacial score (nSPS) is 14.0. The number of fused-ring (bicyclic) bond motifs is 2. The zero-order valence-electron chi connectivity index (χ0n) is 14.2. The van der Waals surface area contributed by atoms with Gasteiger partial charge >= 0.3 is 0 Å². The van der Waals surface area contributed by atoms with Crippen molar-refractivity contribution in [2.24, 2.45) is 5.92 Å². The summed E-state index contributed by atoms with van der Waals surface area (Å²) in [5, 5.41) is 10.3. The number of nitrogens with zero attached hydrogens (tertiary/aromatic N) is 1. The lowest BCUT2D eigenvalue weighted by molar-refractivity contribution is 0.0846. The van der Waals surface area contributed by atoms with E-state index in [-0.39, 0.29) is 0 Å². The first-order chi connectivity index (χ1) is 12.6. The van der Waals surface area contributed by atoms with Crippen LogP contribution in [0.3, 0.4) is 0 Å². The van der Waals surface area contributed by atoms with Crippen LogP contribution in [0.4, 0.5) is 0 Å². The standard InChI is InChI=1S/C21H16N2O3/c1-12-19(16-4-2-3-5-18(16)23-12)21(25)17(9-22)20(24)13-6-7-14-10-26-11-15(14)8-13/h2-8,17,23H,10-11H2,1H3/t17-/m0/s1. The first kappa shape index (κ1) is 16.2. The van der Waals surface area contributed by atoms with Crippen LogP contribution in [0, 0.1) is 24.2 Å². The second kappa shape index (κ2) is 6.25. The molecule has 0 bridgehead atoms. The monoisotopic (exact) mass is 344 g/mol. The molecule has 1 N–H and O–H groups in total. The Bertz CT molecular complexity index is 1090. The lowest BCUT2D eigenvalue weighted by Gasteiger charge is -2.09. The summed E-state index contributed by atoms with van der Waals surface area (Å²) in [6.45, 7) is 2.75. The summed E-state index contributed by atoms with van der Waals surface area (Å²) in [5.74, 6) is -2.31. The number of nitriles is 1. The minimum atomic E-state index is -1.37. The second-order valence-corrected chi connectivity index (χ2v) is 6.44. The Morgan fingerprint density at radius 3 is 2.69 bits per heavy atom. The van der Waals surface area contributed by atoms with Crippen LogP contribution < -0.4 is 0 Å². The first-order valence-corrected chi connectivity index (χ1v) is 8.35. The summed E-state index contributed by atoms with van der Waals surface area (Å²) in [7, 11) is 0. The van der Waals surface area contributed by atoms with Gasteiger partial charge in [0.05, 0.1) is 19.3 Å². The van der Waals surface area contributed by atoms with Gasteiger partial charge in [-0.05, 0) is 30.2 Å². The van der Waals surface area contributed by atoms with E-state index >= 15 is 0 Å². The van der Waals surface area contributed by atoms with E-state index < -0.39 is 17.5 Å². The Morgan fingerprint density at radius 2 is 1.88 bits per heavy atom. The maximum absolute atomic E-state index is 13.0. The molecule has 0 fully saturated rings. The Morgan fingerprint density at radius 1 is 1.12 bits per heavy atom. The maximum Gasteiger partial charge on any atom is 0.190 e. The van der Waals surface area contributed by atoms with Gasteiger partial charge < -0.3 is 9.72 Å². The molecule has 1 atom stereocenters. The predicted octanol–water partition coefficient (Wildman–Crippen LogP) is 3.71. The highest BCUT2D eigenvalue weighted by Crippen LogP contribution is 2.27. The van der Waals surface area contributed by atoms with Gasteiger partial charge in [-0.25, -0.2) is 0 Å². The van der Waals surface area contributed by atoms with Crippen LogP contribution in [-0.4, -0.2) is 16.6 Å². The van der Waals surface area contributed by atoms with Gasteiger partial charge in [-0.1, -0.05) is 30.3 Å². The molecule has 2 aromatic carbocycles. The first-order valence-electron chi connectivity index (χ1n) is 8.35. The SMILES string of the molecule is Cc1[nH]c2ccccc2c1C(=O)[C@@H](C#N)C(=O)c1ccc2c(c1)COC2. The zero-order valence-corrected chi connectivity index (χ0v) is 14.2. The lowest BCUT2D eigenvalue weighted by atomic mass is 9.89. The number of Topliss-reactive ketones (excluding diaryl/α,β-unsaturated/α-hetero) is 2. The van der Waals surface area contributed by atoms with E-state index in [4.69, 9.17) is 4.74 Å². The Hall–Kier alpha value is -3.23. The third-order valence-electron chi connectivity index (χ3n) is 4.80. The number of carbonyl (C=O) groups is 2. The molecule has 26 heavy (non-hydrogen) atoms. The smallest absolute Gasteiger partial charge is 0.190 e. The number of rotatable bonds is 4. The molecule has 0 aliphatic carbocycles. The second-order valence-electron chi connectivity index (χ2n) is 6.44. The van der Waals surface area contributed by atoms with Crippen molar-refractivity contribution in [3.05, 3.63) is 70.4 Å². The number of hydrogen-bond acceptors (Lipinski definition) is 4. The van der Waals surface area contributed by atoms with Crippen molar-refractivity contribution in [3.8, 4) is 6.07 Å². The fourth-order valence-electron chi connectivity index (χ4n) is 3.47. The maximum atomic E-state index is 13.0. The van der Waals surface area contributed by atoms with Crippen molar-refractivity contribution in [3.63, 3.8) is 0 Å². The molecule has 1 aromatic heterocycles. The Labute approximate surface area is 150 Å². The number of aromatic nitrogens is 1. The quantitative estimate of drug-likeness (QED) is 0.578. The van der Waals surface area contributed by atoms with Crippen LogP contribution in [0.15, 0.2) is 42.5 Å². The fourth-order valence-corrected chi connectivity index (χ4v) is 3.47. The van der Waals surface area contributed by atoms with E-state index in [0.717, 1.165) is 22.0 Å². The van der Waals surface area contributed by atoms with Crippen LogP contribution in [0.5, 0.6) is 0 Å². The van der Waals surface area contributed by atoms with Gasteiger partial charge in [0.15, 0.2) is 17.5 Å². The minimum absolute atomic E-state index is 0.367. The molecule has 1 aliphatic rings. The molecular formula is C21H16N2O3. The fraction of sp³-hybridized carbons (Fsp3) is 0.190. The van der Waals surface area contributed by atoms with Crippen molar-refractivity contribution >= 4 is 22.5 Å². The molecule has 0 radical (unpaired) electrons. The summed E-state index contributed by atoms with van der Waals surface area (Å²) in [4.78, 5) is 29.0. The molecule has 4 rings (SSSR count). The third kappa shape index (κ3) is 2.52. The van der Waals surface area contributed by atoms with Gasteiger partial charge in [0.25, 0.3) is 0 Å². The molecule has 0 saturated heterocycles. The summed E-state index contributed by atoms with van der Waals surface area (Å²) >= 11 is 0. The van der Waals surface area contributed by atoms with Crippen LogP contribution in [0.25, 0.3) is 10.9 Å². The van der Waals surface area contributed by atoms with Crippen LogP contribution in [-0.2, 0) is 18.0 Å². The number of para-hydroxylation sites is 1. The molecule has 0 amide bonds. The van der Waals surface area contributed by atoms with Gasteiger partial charge in [0.2, 0.25) is 0 Å². The molecule has 0 saturated carbocycles. The molecule has 128 valence electrons. The number of nitrogens with one attached hydrogen (secondary N) is 1. The highest BCUT2D eigenvalue weighted by atomic mass is 16.5. The van der Waals surface area contributed by atoms with Gasteiger partial charge in [0, 0.05) is 27.7 Å². The summed E-state index contributed by atoms with van der Waals surface area (Å²) < 4.78 is 5.36. The summed E-state index contributed by atoms with van der Waals surface area (Å²) in [6.07, 6.45) is 0. The molecule has 0 unspecified atom stereocenters. The van der Waals surface area contributed by atoms with Gasteiger partial charge in [-0.15, -0.1) is 0 Å². The molecule has 5 nitrogen and oxygen atoms in total. The molecule has 1 aliphatic heterocycles. The Balaban J connectivity index is 1.72. The van der Waals surface area contributed by atoms with Crippen molar-refractivity contribution in [2.45, 2.75) is 20.1 Å². The van der Waals surface area contributed by atoms with Crippen molar-refractivity contribution in [1.29, 1.82) is 5.26 Å². The van der Waals surface area contributed by atoms with E-state index in [1.54, 1.807) is 19.1 Å². The molecule has 2 heterocycles. The van der Waals surface area contributed by atoms with Crippen LogP contribution in [0.1, 0.15) is 37.5 Å². The molecule has 3 aromatic rings. The highest BCUT2D eigenvalue weighted by molar-refractivity contribution is 6.22. The van der Waals surface area contributed by atoms with E-state index in [9.17, 15) is 14.9 Å². The van der Waals surface area contributed by atoms with E-state index in [0.29, 0.717) is 30.0 Å².